The minimum absolute atomic E-state index is 0.193. The van der Waals surface area contributed by atoms with Crippen LogP contribution in [-0.4, -0.2) is 11.2 Å². The van der Waals surface area contributed by atoms with Gasteiger partial charge in [-0.2, -0.15) is 12.6 Å². The first kappa shape index (κ1) is 15.8. The van der Waals surface area contributed by atoms with Gasteiger partial charge in [-0.05, 0) is 18.1 Å². The van der Waals surface area contributed by atoms with Gasteiger partial charge in [-0.15, -0.1) is 0 Å². The number of hydrogen-bond donors (Lipinski definition) is 2. The van der Waals surface area contributed by atoms with E-state index >= 15 is 0 Å². The van der Waals surface area contributed by atoms with Gasteiger partial charge in [0.2, 0.25) is 5.91 Å². The molecule has 1 unspecified atom stereocenters. The third kappa shape index (κ3) is 4.19. The number of halogens is 3. The smallest absolute Gasteiger partial charge is 0.237 e. The van der Waals surface area contributed by atoms with Crippen molar-refractivity contribution in [3.8, 4) is 0 Å². The maximum Gasteiger partial charge on any atom is 0.237 e. The molecule has 0 saturated carbocycles. The summed E-state index contributed by atoms with van der Waals surface area (Å²) in [6, 6.07) is 10.9. The van der Waals surface area contributed by atoms with E-state index < -0.39 is 22.8 Å². The van der Waals surface area contributed by atoms with E-state index in [1.165, 1.54) is 0 Å². The average Bonchev–Trinajstić information content (AvgIpc) is 2.43. The van der Waals surface area contributed by atoms with Crippen molar-refractivity contribution >= 4 is 35.8 Å². The Balaban J connectivity index is 2.08. The summed E-state index contributed by atoms with van der Waals surface area (Å²) in [5, 5.41) is 1.47. The zero-order chi connectivity index (χ0) is 15.4. The number of carbonyl (C=O) groups is 1. The molecule has 0 saturated heterocycles. The summed E-state index contributed by atoms with van der Waals surface area (Å²) in [7, 11) is 0. The lowest BCUT2D eigenvalue weighted by atomic mass is 10.1. The molecule has 0 bridgehead atoms. The lowest BCUT2D eigenvalue weighted by Crippen LogP contribution is -2.26. The molecule has 0 radical (unpaired) electrons. The van der Waals surface area contributed by atoms with E-state index in [9.17, 15) is 13.6 Å². The summed E-state index contributed by atoms with van der Waals surface area (Å²) in [5.41, 5.74) is 0.688. The summed E-state index contributed by atoms with van der Waals surface area (Å²) in [6.07, 6.45) is 0.385. The molecular formula is C15H12ClF2NOS. The van der Waals surface area contributed by atoms with Crippen LogP contribution in [0.2, 0.25) is 5.02 Å². The number of carbonyl (C=O) groups excluding carboxylic acids is 1. The lowest BCUT2D eigenvalue weighted by molar-refractivity contribution is -0.115. The zero-order valence-electron chi connectivity index (χ0n) is 10.8. The van der Waals surface area contributed by atoms with Crippen LogP contribution in [0.1, 0.15) is 5.56 Å². The predicted octanol–water partition coefficient (Wildman–Crippen LogP) is 4.10. The second kappa shape index (κ2) is 6.91. The quantitative estimate of drug-likeness (QED) is 0.813. The first-order chi connectivity index (χ1) is 9.97. The Bertz CT molecular complexity index is 628. The zero-order valence-corrected chi connectivity index (χ0v) is 12.5. The molecule has 21 heavy (non-hydrogen) atoms. The Morgan fingerprint density at radius 1 is 1.24 bits per heavy atom. The Morgan fingerprint density at radius 3 is 2.52 bits per heavy atom. The van der Waals surface area contributed by atoms with E-state index in [4.69, 9.17) is 11.6 Å². The highest BCUT2D eigenvalue weighted by Gasteiger charge is 2.18. The van der Waals surface area contributed by atoms with Gasteiger partial charge in [0.15, 0.2) is 5.82 Å². The SMILES string of the molecule is O=C(Nc1c(F)cc(F)cc1Cl)C(S)Cc1ccccc1. The topological polar surface area (TPSA) is 29.1 Å². The molecule has 0 heterocycles. The molecule has 6 heteroatoms. The second-order valence-electron chi connectivity index (χ2n) is 4.44. The van der Waals surface area contributed by atoms with Gasteiger partial charge in [0.05, 0.1) is 16.0 Å². The fourth-order valence-corrected chi connectivity index (χ4v) is 2.32. The Kier molecular flexibility index (Phi) is 5.20. The molecule has 0 aromatic heterocycles. The van der Waals surface area contributed by atoms with E-state index in [2.05, 4.69) is 17.9 Å². The van der Waals surface area contributed by atoms with Gasteiger partial charge < -0.3 is 5.32 Å². The first-order valence-corrected chi connectivity index (χ1v) is 7.04. The van der Waals surface area contributed by atoms with Crippen molar-refractivity contribution in [1.29, 1.82) is 0 Å². The van der Waals surface area contributed by atoms with Crippen molar-refractivity contribution in [3.05, 3.63) is 64.7 Å². The van der Waals surface area contributed by atoms with E-state index in [1.807, 2.05) is 30.3 Å². The van der Waals surface area contributed by atoms with E-state index in [-0.39, 0.29) is 10.7 Å². The number of benzene rings is 2. The molecule has 1 atom stereocenters. The molecule has 2 aromatic carbocycles. The number of amides is 1. The minimum atomic E-state index is -0.923. The fraction of sp³-hybridized carbons (Fsp3) is 0.133. The Labute approximate surface area is 131 Å². The van der Waals surface area contributed by atoms with Gasteiger partial charge >= 0.3 is 0 Å². The Morgan fingerprint density at radius 2 is 1.90 bits per heavy atom. The van der Waals surface area contributed by atoms with Gasteiger partial charge in [-0.25, -0.2) is 8.78 Å². The largest absolute Gasteiger partial charge is 0.321 e. The molecule has 2 rings (SSSR count). The summed E-state index contributed by atoms with van der Waals surface area (Å²) in [5.74, 6) is -2.23. The predicted molar refractivity (Wildman–Crippen MR) is 82.9 cm³/mol. The molecule has 2 aromatic rings. The summed E-state index contributed by atoms with van der Waals surface area (Å²) >= 11 is 9.93. The maximum atomic E-state index is 13.6. The van der Waals surface area contributed by atoms with Crippen molar-refractivity contribution in [2.24, 2.45) is 0 Å². The highest BCUT2D eigenvalue weighted by molar-refractivity contribution is 7.81. The molecule has 1 N–H and O–H groups in total. The van der Waals surface area contributed by atoms with Gasteiger partial charge in [-0.1, -0.05) is 41.9 Å². The fourth-order valence-electron chi connectivity index (χ4n) is 1.80. The molecule has 2 nitrogen and oxygen atoms in total. The standard InChI is InChI=1S/C15H12ClF2NOS/c16-11-7-10(17)8-12(18)14(11)19-15(20)13(21)6-9-4-2-1-3-5-9/h1-5,7-8,13,21H,6H2,(H,19,20). The minimum Gasteiger partial charge on any atom is -0.321 e. The second-order valence-corrected chi connectivity index (χ2v) is 5.47. The van der Waals surface area contributed by atoms with E-state index in [1.54, 1.807) is 0 Å². The van der Waals surface area contributed by atoms with Crippen molar-refractivity contribution in [1.82, 2.24) is 0 Å². The van der Waals surface area contributed by atoms with Crippen LogP contribution < -0.4 is 5.32 Å². The van der Waals surface area contributed by atoms with Crippen molar-refractivity contribution in [2.45, 2.75) is 11.7 Å². The van der Waals surface area contributed by atoms with Crippen LogP contribution in [0.5, 0.6) is 0 Å². The summed E-state index contributed by atoms with van der Waals surface area (Å²) in [4.78, 5) is 12.0. The highest BCUT2D eigenvalue weighted by Crippen LogP contribution is 2.27. The normalized spacial score (nSPS) is 12.0. The number of hydrogen-bond acceptors (Lipinski definition) is 2. The third-order valence-corrected chi connectivity index (χ3v) is 3.54. The monoisotopic (exact) mass is 327 g/mol. The molecule has 0 fully saturated rings. The molecule has 0 aliphatic heterocycles. The number of rotatable bonds is 4. The number of thiol groups is 1. The molecule has 110 valence electrons. The number of anilines is 1. The van der Waals surface area contributed by atoms with Crippen LogP contribution in [0.4, 0.5) is 14.5 Å². The van der Waals surface area contributed by atoms with Crippen LogP contribution in [0, 0.1) is 11.6 Å². The molecule has 1 amide bonds. The van der Waals surface area contributed by atoms with Crippen molar-refractivity contribution < 1.29 is 13.6 Å². The van der Waals surface area contributed by atoms with Gasteiger partial charge in [-0.3, -0.25) is 4.79 Å². The van der Waals surface area contributed by atoms with Gasteiger partial charge in [0, 0.05) is 6.07 Å². The summed E-state index contributed by atoms with van der Waals surface area (Å²) < 4.78 is 26.5. The molecule has 0 spiro atoms. The first-order valence-electron chi connectivity index (χ1n) is 6.15. The molecule has 0 aliphatic carbocycles. The van der Waals surface area contributed by atoms with Crippen molar-refractivity contribution in [2.75, 3.05) is 5.32 Å². The Hall–Kier alpha value is -1.59. The maximum absolute atomic E-state index is 13.6. The van der Waals surface area contributed by atoms with Crippen LogP contribution >= 0.6 is 24.2 Å². The molecular weight excluding hydrogens is 316 g/mol. The van der Waals surface area contributed by atoms with Gasteiger partial charge in [0.25, 0.3) is 0 Å². The van der Waals surface area contributed by atoms with E-state index in [0.29, 0.717) is 12.5 Å². The third-order valence-electron chi connectivity index (χ3n) is 2.83. The van der Waals surface area contributed by atoms with Crippen LogP contribution in [0.25, 0.3) is 0 Å². The average molecular weight is 328 g/mol. The van der Waals surface area contributed by atoms with E-state index in [0.717, 1.165) is 11.6 Å². The summed E-state index contributed by atoms with van der Waals surface area (Å²) in [6.45, 7) is 0. The number of nitrogens with one attached hydrogen (secondary N) is 1. The van der Waals surface area contributed by atoms with Gasteiger partial charge in [0.1, 0.15) is 5.82 Å². The molecule has 0 aliphatic rings. The highest BCUT2D eigenvalue weighted by atomic mass is 35.5. The van der Waals surface area contributed by atoms with Crippen LogP contribution in [-0.2, 0) is 11.2 Å². The van der Waals surface area contributed by atoms with Crippen molar-refractivity contribution in [3.63, 3.8) is 0 Å². The van der Waals surface area contributed by atoms with Crippen LogP contribution in [0.3, 0.4) is 0 Å². The lowest BCUT2D eigenvalue weighted by Gasteiger charge is -2.13. The van der Waals surface area contributed by atoms with Crippen LogP contribution in [0.15, 0.2) is 42.5 Å².